The highest BCUT2D eigenvalue weighted by Crippen LogP contribution is 2.28. The Kier molecular flexibility index (Phi) is 4.43. The van der Waals surface area contributed by atoms with Crippen molar-refractivity contribution in [2.24, 2.45) is 0 Å². The predicted octanol–water partition coefficient (Wildman–Crippen LogP) is 4.14. The summed E-state index contributed by atoms with van der Waals surface area (Å²) >= 11 is 0. The molecule has 0 saturated heterocycles. The summed E-state index contributed by atoms with van der Waals surface area (Å²) in [4.78, 5) is 11.3. The van der Waals surface area contributed by atoms with Gasteiger partial charge in [-0.25, -0.2) is 0 Å². The number of methoxy groups -OCH3 is 1. The second-order valence-electron chi connectivity index (χ2n) is 5.08. The molecule has 5 nitrogen and oxygen atoms in total. The summed E-state index contributed by atoms with van der Waals surface area (Å²) in [6.07, 6.45) is 1.23. The van der Waals surface area contributed by atoms with Crippen LogP contribution in [0, 0.1) is 0 Å². The van der Waals surface area contributed by atoms with E-state index in [1.54, 1.807) is 19.2 Å². The first-order chi connectivity index (χ1) is 11.7. The van der Waals surface area contributed by atoms with Crippen LogP contribution in [0.15, 0.2) is 71.8 Å². The molecule has 24 heavy (non-hydrogen) atoms. The molecule has 1 amide bonds. The lowest BCUT2D eigenvalue weighted by molar-refractivity contribution is -0.111. The number of amides is 1. The summed E-state index contributed by atoms with van der Waals surface area (Å²) < 4.78 is 10.6. The Bertz CT molecular complexity index is 849. The van der Waals surface area contributed by atoms with Gasteiger partial charge in [-0.2, -0.15) is 0 Å². The van der Waals surface area contributed by atoms with E-state index in [2.05, 4.69) is 17.1 Å². The molecule has 3 aromatic rings. The number of hydrogen-bond acceptors (Lipinski definition) is 4. The number of hydrogen-bond donors (Lipinski definition) is 1. The summed E-state index contributed by atoms with van der Waals surface area (Å²) in [6.45, 7) is 3.42. The molecule has 0 aliphatic rings. The molecule has 120 valence electrons. The molecule has 0 atom stereocenters. The van der Waals surface area contributed by atoms with Crippen molar-refractivity contribution >= 4 is 11.6 Å². The zero-order valence-corrected chi connectivity index (χ0v) is 13.2. The van der Waals surface area contributed by atoms with Gasteiger partial charge in [-0.1, -0.05) is 23.9 Å². The molecule has 0 unspecified atom stereocenters. The van der Waals surface area contributed by atoms with Crippen molar-refractivity contribution in [3.05, 3.63) is 67.3 Å². The summed E-state index contributed by atoms with van der Waals surface area (Å²) in [5.74, 6) is 1.22. The minimum absolute atomic E-state index is 0.244. The monoisotopic (exact) mass is 320 g/mol. The Labute approximate surface area is 139 Å². The van der Waals surface area contributed by atoms with Gasteiger partial charge in [-0.15, -0.1) is 0 Å². The van der Waals surface area contributed by atoms with Gasteiger partial charge in [0.05, 0.1) is 7.11 Å². The molecule has 3 rings (SSSR count). The lowest BCUT2D eigenvalue weighted by atomic mass is 10.1. The molecule has 1 heterocycles. The van der Waals surface area contributed by atoms with Crippen molar-refractivity contribution in [1.82, 2.24) is 5.16 Å². The van der Waals surface area contributed by atoms with E-state index in [-0.39, 0.29) is 5.91 Å². The minimum Gasteiger partial charge on any atom is -0.497 e. The molecular weight excluding hydrogens is 304 g/mol. The molecule has 2 aromatic carbocycles. The van der Waals surface area contributed by atoms with Crippen LogP contribution in [0.4, 0.5) is 5.69 Å². The maximum absolute atomic E-state index is 11.3. The van der Waals surface area contributed by atoms with Crippen LogP contribution in [-0.2, 0) is 4.79 Å². The summed E-state index contributed by atoms with van der Waals surface area (Å²) in [7, 11) is 1.63. The highest BCUT2D eigenvalue weighted by Gasteiger charge is 2.09. The predicted molar refractivity (Wildman–Crippen MR) is 92.8 cm³/mol. The average molecular weight is 320 g/mol. The van der Waals surface area contributed by atoms with Crippen molar-refractivity contribution < 1.29 is 14.1 Å². The Morgan fingerprint density at radius 3 is 2.42 bits per heavy atom. The third kappa shape index (κ3) is 3.35. The number of carbonyl (C=O) groups excluding carboxylic acids is 1. The van der Waals surface area contributed by atoms with Gasteiger partial charge in [-0.05, 0) is 42.5 Å². The van der Waals surface area contributed by atoms with E-state index in [0.717, 1.165) is 22.6 Å². The second-order valence-corrected chi connectivity index (χ2v) is 5.08. The number of benzene rings is 2. The number of carbonyl (C=O) groups is 1. The van der Waals surface area contributed by atoms with Gasteiger partial charge in [0, 0.05) is 22.9 Å². The fraction of sp³-hybridized carbons (Fsp3) is 0.0526. The first-order valence-corrected chi connectivity index (χ1v) is 7.34. The van der Waals surface area contributed by atoms with E-state index < -0.39 is 0 Å². The number of nitrogens with one attached hydrogen (secondary N) is 1. The van der Waals surface area contributed by atoms with E-state index >= 15 is 0 Å². The molecular formula is C19H16N2O3. The molecule has 5 heteroatoms. The van der Waals surface area contributed by atoms with Gasteiger partial charge in [0.2, 0.25) is 5.91 Å². The lowest BCUT2D eigenvalue weighted by Gasteiger charge is -2.02. The molecule has 0 fully saturated rings. The van der Waals surface area contributed by atoms with Gasteiger partial charge >= 0.3 is 0 Å². The van der Waals surface area contributed by atoms with Gasteiger partial charge < -0.3 is 14.6 Å². The van der Waals surface area contributed by atoms with Crippen LogP contribution < -0.4 is 10.1 Å². The third-order valence-corrected chi connectivity index (χ3v) is 3.52. The largest absolute Gasteiger partial charge is 0.497 e. The smallest absolute Gasteiger partial charge is 0.247 e. The maximum Gasteiger partial charge on any atom is 0.247 e. The Morgan fingerprint density at radius 2 is 1.79 bits per heavy atom. The van der Waals surface area contributed by atoms with E-state index in [4.69, 9.17) is 9.26 Å². The maximum atomic E-state index is 11.3. The third-order valence-electron chi connectivity index (χ3n) is 3.52. The van der Waals surface area contributed by atoms with Gasteiger partial charge in [0.1, 0.15) is 11.4 Å². The average Bonchev–Trinajstić information content (AvgIpc) is 3.12. The number of ether oxygens (including phenoxy) is 1. The van der Waals surface area contributed by atoms with Crippen LogP contribution in [0.25, 0.3) is 22.6 Å². The zero-order chi connectivity index (χ0) is 16.9. The SMILES string of the molecule is C=CC(=O)Nc1ccc(-c2cc(-c3ccc(OC)cc3)on2)cc1. The highest BCUT2D eigenvalue weighted by molar-refractivity contribution is 5.98. The molecule has 0 spiro atoms. The van der Waals surface area contributed by atoms with Crippen molar-refractivity contribution in [2.45, 2.75) is 0 Å². The highest BCUT2D eigenvalue weighted by atomic mass is 16.5. The Morgan fingerprint density at radius 1 is 1.12 bits per heavy atom. The van der Waals surface area contributed by atoms with Crippen LogP contribution >= 0.6 is 0 Å². The second kappa shape index (κ2) is 6.83. The topological polar surface area (TPSA) is 64.4 Å². The molecule has 1 N–H and O–H groups in total. The Balaban J connectivity index is 1.79. The zero-order valence-electron chi connectivity index (χ0n) is 13.2. The van der Waals surface area contributed by atoms with Crippen LogP contribution in [-0.4, -0.2) is 18.2 Å². The lowest BCUT2D eigenvalue weighted by Crippen LogP contribution is -2.06. The van der Waals surface area contributed by atoms with Gasteiger partial charge in [0.25, 0.3) is 0 Å². The normalized spacial score (nSPS) is 10.2. The number of nitrogens with zero attached hydrogens (tertiary/aromatic N) is 1. The fourth-order valence-electron chi connectivity index (χ4n) is 2.22. The standard InChI is InChI=1S/C19H16N2O3/c1-3-19(22)20-15-8-4-13(5-9-15)17-12-18(24-21-17)14-6-10-16(23-2)11-7-14/h3-12H,1H2,2H3,(H,20,22). The Hall–Kier alpha value is -3.34. The van der Waals surface area contributed by atoms with E-state index in [1.165, 1.54) is 6.08 Å². The fourth-order valence-corrected chi connectivity index (χ4v) is 2.22. The minimum atomic E-state index is -0.244. The number of aromatic nitrogens is 1. The van der Waals surface area contributed by atoms with Gasteiger partial charge in [-0.3, -0.25) is 4.79 Å². The van der Waals surface area contributed by atoms with Crippen molar-refractivity contribution in [2.75, 3.05) is 12.4 Å². The molecule has 0 aliphatic heterocycles. The summed E-state index contributed by atoms with van der Waals surface area (Å²) in [5, 5.41) is 6.80. The van der Waals surface area contributed by atoms with Crippen molar-refractivity contribution in [3.8, 4) is 28.3 Å². The molecule has 0 bridgehead atoms. The summed E-state index contributed by atoms with van der Waals surface area (Å²) in [6, 6.07) is 16.8. The van der Waals surface area contributed by atoms with E-state index in [1.807, 2.05) is 42.5 Å². The van der Waals surface area contributed by atoms with Crippen LogP contribution in [0.1, 0.15) is 0 Å². The number of anilines is 1. The first-order valence-electron chi connectivity index (χ1n) is 7.34. The molecule has 1 aromatic heterocycles. The van der Waals surface area contributed by atoms with Crippen molar-refractivity contribution in [3.63, 3.8) is 0 Å². The van der Waals surface area contributed by atoms with Crippen molar-refractivity contribution in [1.29, 1.82) is 0 Å². The number of rotatable bonds is 5. The van der Waals surface area contributed by atoms with Gasteiger partial charge in [0.15, 0.2) is 5.76 Å². The molecule has 0 radical (unpaired) electrons. The van der Waals surface area contributed by atoms with Crippen LogP contribution in [0.5, 0.6) is 5.75 Å². The van der Waals surface area contributed by atoms with E-state index in [9.17, 15) is 4.79 Å². The molecule has 0 saturated carbocycles. The van der Waals surface area contributed by atoms with Crippen LogP contribution in [0.3, 0.4) is 0 Å². The quantitative estimate of drug-likeness (QED) is 0.718. The van der Waals surface area contributed by atoms with Crippen LogP contribution in [0.2, 0.25) is 0 Å². The first kappa shape index (κ1) is 15.6. The molecule has 0 aliphatic carbocycles. The summed E-state index contributed by atoms with van der Waals surface area (Å²) in [5.41, 5.74) is 3.24. The van der Waals surface area contributed by atoms with E-state index in [0.29, 0.717) is 11.4 Å².